The first-order chi connectivity index (χ1) is 12.7. The molecule has 0 bridgehead atoms. The number of nitrogens with one attached hydrogen (secondary N) is 1. The zero-order chi connectivity index (χ0) is 17.9. The molecule has 1 aliphatic heterocycles. The highest BCUT2D eigenvalue weighted by atomic mass is 16.5. The first kappa shape index (κ1) is 16.1. The van der Waals surface area contributed by atoms with Gasteiger partial charge in [-0.05, 0) is 29.8 Å². The van der Waals surface area contributed by atoms with E-state index in [1.807, 2.05) is 42.5 Å². The van der Waals surface area contributed by atoms with E-state index in [-0.39, 0.29) is 11.7 Å². The summed E-state index contributed by atoms with van der Waals surface area (Å²) in [5.41, 5.74) is 1.83. The van der Waals surface area contributed by atoms with Gasteiger partial charge in [-0.2, -0.15) is 0 Å². The molecule has 3 aromatic rings. The van der Waals surface area contributed by atoms with Crippen LogP contribution in [0.4, 0.5) is 0 Å². The second-order valence-electron chi connectivity index (χ2n) is 6.13. The van der Waals surface area contributed by atoms with Crippen LogP contribution < -0.4 is 10.1 Å². The highest BCUT2D eigenvalue weighted by Crippen LogP contribution is 2.35. The van der Waals surface area contributed by atoms with Gasteiger partial charge in [0.2, 0.25) is 0 Å². The number of hydrogen-bond acceptors (Lipinski definition) is 3. The Bertz CT molecular complexity index is 938. The van der Waals surface area contributed by atoms with Crippen LogP contribution in [-0.2, 0) is 0 Å². The second kappa shape index (κ2) is 6.84. The first-order valence-corrected chi connectivity index (χ1v) is 8.45. The van der Waals surface area contributed by atoms with Crippen LogP contribution in [-0.4, -0.2) is 17.7 Å². The molecular weight excluding hydrogens is 326 g/mol. The van der Waals surface area contributed by atoms with Crippen molar-refractivity contribution in [3.8, 4) is 5.75 Å². The molecule has 3 aromatic carbocycles. The van der Waals surface area contributed by atoms with Crippen molar-refractivity contribution in [1.29, 1.82) is 0 Å². The minimum Gasteiger partial charge on any atom is -0.482 e. The van der Waals surface area contributed by atoms with E-state index >= 15 is 0 Å². The van der Waals surface area contributed by atoms with Crippen LogP contribution in [0.3, 0.4) is 0 Å². The molecular formula is C22H17NO3. The fourth-order valence-corrected chi connectivity index (χ4v) is 3.14. The summed E-state index contributed by atoms with van der Waals surface area (Å²) in [6, 6.07) is 24.7. The molecule has 128 valence electrons. The normalized spacial score (nSPS) is 18.5. The van der Waals surface area contributed by atoms with Crippen molar-refractivity contribution in [2.45, 2.75) is 12.1 Å². The summed E-state index contributed by atoms with van der Waals surface area (Å²) >= 11 is 0. The molecule has 1 aliphatic rings. The van der Waals surface area contributed by atoms with Crippen molar-refractivity contribution in [3.63, 3.8) is 0 Å². The maximum Gasteiger partial charge on any atom is 0.252 e. The lowest BCUT2D eigenvalue weighted by Crippen LogP contribution is -2.49. The second-order valence-corrected chi connectivity index (χ2v) is 6.13. The maximum atomic E-state index is 13.1. The molecule has 0 saturated carbocycles. The predicted octanol–water partition coefficient (Wildman–Crippen LogP) is 3.80. The molecule has 4 heteroatoms. The number of ether oxygens (including phenoxy) is 1. The van der Waals surface area contributed by atoms with Gasteiger partial charge in [-0.1, -0.05) is 60.7 Å². The predicted molar refractivity (Wildman–Crippen MR) is 98.3 cm³/mol. The van der Waals surface area contributed by atoms with Crippen LogP contribution in [0.15, 0.2) is 84.9 Å². The van der Waals surface area contributed by atoms with Gasteiger partial charge in [0.05, 0.1) is 5.56 Å². The van der Waals surface area contributed by atoms with Gasteiger partial charge >= 0.3 is 0 Å². The Morgan fingerprint density at radius 1 is 0.808 bits per heavy atom. The smallest absolute Gasteiger partial charge is 0.252 e. The third-order valence-electron chi connectivity index (χ3n) is 4.44. The first-order valence-electron chi connectivity index (χ1n) is 8.45. The van der Waals surface area contributed by atoms with Crippen LogP contribution in [0, 0.1) is 0 Å². The number of fused-ring (bicyclic) bond motifs is 1. The van der Waals surface area contributed by atoms with Crippen LogP contribution in [0.5, 0.6) is 5.75 Å². The fourth-order valence-electron chi connectivity index (χ4n) is 3.14. The van der Waals surface area contributed by atoms with Crippen LogP contribution >= 0.6 is 0 Å². The SMILES string of the molecule is O=C(N[C@H]1C(=O)c2ccccc2O[C@H]1c1ccccc1)c1ccccc1. The number of hydrogen-bond donors (Lipinski definition) is 1. The monoisotopic (exact) mass is 343 g/mol. The van der Waals surface area contributed by atoms with E-state index in [4.69, 9.17) is 4.74 Å². The summed E-state index contributed by atoms with van der Waals surface area (Å²) in [5.74, 6) is 0.0920. The van der Waals surface area contributed by atoms with E-state index in [1.54, 1.807) is 42.5 Å². The lowest BCUT2D eigenvalue weighted by Gasteiger charge is -2.33. The zero-order valence-electron chi connectivity index (χ0n) is 14.0. The average molecular weight is 343 g/mol. The van der Waals surface area contributed by atoms with Crippen molar-refractivity contribution in [3.05, 3.63) is 102 Å². The van der Waals surface area contributed by atoms with E-state index in [1.165, 1.54) is 0 Å². The Labute approximate surface area is 151 Å². The number of carbonyl (C=O) groups is 2. The number of para-hydroxylation sites is 1. The summed E-state index contributed by atoms with van der Waals surface area (Å²) in [5, 5.41) is 2.86. The molecule has 26 heavy (non-hydrogen) atoms. The summed E-state index contributed by atoms with van der Waals surface area (Å²) < 4.78 is 6.10. The van der Waals surface area contributed by atoms with Gasteiger partial charge in [-0.25, -0.2) is 0 Å². The fraction of sp³-hybridized carbons (Fsp3) is 0.0909. The molecule has 0 aliphatic carbocycles. The Morgan fingerprint density at radius 3 is 2.15 bits per heavy atom. The quantitative estimate of drug-likeness (QED) is 0.787. The number of rotatable bonds is 3. The topological polar surface area (TPSA) is 55.4 Å². The van der Waals surface area contributed by atoms with Crippen molar-refractivity contribution >= 4 is 11.7 Å². The molecule has 0 aromatic heterocycles. The van der Waals surface area contributed by atoms with E-state index in [0.29, 0.717) is 16.9 Å². The lowest BCUT2D eigenvalue weighted by molar-refractivity contribution is 0.0673. The van der Waals surface area contributed by atoms with Crippen LogP contribution in [0.1, 0.15) is 32.4 Å². The van der Waals surface area contributed by atoms with Gasteiger partial charge in [0.15, 0.2) is 11.9 Å². The molecule has 1 N–H and O–H groups in total. The third kappa shape index (κ3) is 2.97. The Hall–Kier alpha value is -3.40. The number of amides is 1. The minimum atomic E-state index is -0.792. The summed E-state index contributed by atoms with van der Waals surface area (Å²) in [6.45, 7) is 0. The Morgan fingerprint density at radius 2 is 1.42 bits per heavy atom. The molecule has 4 rings (SSSR count). The average Bonchev–Trinajstić information content (AvgIpc) is 2.71. The van der Waals surface area contributed by atoms with Gasteiger partial charge in [-0.3, -0.25) is 9.59 Å². The third-order valence-corrected chi connectivity index (χ3v) is 4.44. The van der Waals surface area contributed by atoms with Gasteiger partial charge < -0.3 is 10.1 Å². The summed E-state index contributed by atoms with van der Waals surface area (Å²) in [4.78, 5) is 25.7. The molecule has 0 spiro atoms. The van der Waals surface area contributed by atoms with Gasteiger partial charge in [0.1, 0.15) is 11.8 Å². The van der Waals surface area contributed by atoms with E-state index in [0.717, 1.165) is 5.56 Å². The van der Waals surface area contributed by atoms with Crippen LogP contribution in [0.2, 0.25) is 0 Å². The molecule has 1 amide bonds. The molecule has 2 atom stereocenters. The van der Waals surface area contributed by atoms with Crippen LogP contribution in [0.25, 0.3) is 0 Å². The summed E-state index contributed by atoms with van der Waals surface area (Å²) in [6.07, 6.45) is -0.578. The minimum absolute atomic E-state index is 0.148. The number of ketones is 1. The Balaban J connectivity index is 1.71. The highest BCUT2D eigenvalue weighted by molar-refractivity contribution is 6.07. The maximum absolute atomic E-state index is 13.1. The highest BCUT2D eigenvalue weighted by Gasteiger charge is 2.39. The number of benzene rings is 3. The van der Waals surface area contributed by atoms with Crippen molar-refractivity contribution in [2.75, 3.05) is 0 Å². The number of Topliss-reactive ketones (excluding diaryl/α,β-unsaturated/α-hetero) is 1. The van der Waals surface area contributed by atoms with Crippen molar-refractivity contribution < 1.29 is 14.3 Å². The molecule has 0 radical (unpaired) electrons. The molecule has 0 unspecified atom stereocenters. The largest absolute Gasteiger partial charge is 0.482 e. The van der Waals surface area contributed by atoms with Gasteiger partial charge in [0, 0.05) is 5.56 Å². The lowest BCUT2D eigenvalue weighted by atomic mass is 9.91. The van der Waals surface area contributed by atoms with Crippen molar-refractivity contribution in [1.82, 2.24) is 5.32 Å². The number of carbonyl (C=O) groups excluding carboxylic acids is 2. The zero-order valence-corrected chi connectivity index (χ0v) is 14.0. The summed E-state index contributed by atoms with van der Waals surface area (Å²) in [7, 11) is 0. The van der Waals surface area contributed by atoms with Crippen molar-refractivity contribution in [2.24, 2.45) is 0 Å². The van der Waals surface area contributed by atoms with Gasteiger partial charge in [0.25, 0.3) is 5.91 Å². The molecule has 4 nitrogen and oxygen atoms in total. The molecule has 0 fully saturated rings. The van der Waals surface area contributed by atoms with E-state index in [2.05, 4.69) is 5.32 Å². The molecule has 0 saturated heterocycles. The van der Waals surface area contributed by atoms with E-state index < -0.39 is 12.1 Å². The molecule has 1 heterocycles. The Kier molecular flexibility index (Phi) is 4.23. The standard InChI is InChI=1S/C22H17NO3/c24-20-17-13-7-8-14-18(17)26-21(15-9-3-1-4-10-15)19(20)23-22(25)16-11-5-2-6-12-16/h1-14,19,21H,(H,23,25)/t19-,21-/m0/s1. The van der Waals surface area contributed by atoms with E-state index in [9.17, 15) is 9.59 Å². The van der Waals surface area contributed by atoms with Gasteiger partial charge in [-0.15, -0.1) is 0 Å².